The SMILES string of the molecule is c1ccc(CN2CCc3nc(Nc4ccc5c(c4)OCCO5)ncc3C2)cc1. The van der Waals surface area contributed by atoms with Crippen LogP contribution in [-0.2, 0) is 19.5 Å². The zero-order valence-corrected chi connectivity index (χ0v) is 15.6. The molecule has 0 aliphatic carbocycles. The predicted octanol–water partition coefficient (Wildman–Crippen LogP) is 3.55. The molecular formula is C22H22N4O2. The number of nitrogens with one attached hydrogen (secondary N) is 1. The molecule has 2 aliphatic heterocycles. The van der Waals surface area contributed by atoms with Crippen molar-refractivity contribution >= 4 is 11.6 Å². The molecule has 2 aliphatic rings. The second-order valence-corrected chi connectivity index (χ2v) is 7.10. The Kier molecular flexibility index (Phi) is 4.54. The van der Waals surface area contributed by atoms with E-state index in [2.05, 4.69) is 45.5 Å². The number of fused-ring (bicyclic) bond motifs is 2. The van der Waals surface area contributed by atoms with E-state index in [0.29, 0.717) is 19.2 Å². The van der Waals surface area contributed by atoms with Crippen LogP contribution >= 0.6 is 0 Å². The monoisotopic (exact) mass is 374 g/mol. The molecule has 0 radical (unpaired) electrons. The van der Waals surface area contributed by atoms with Crippen molar-refractivity contribution in [3.05, 3.63) is 71.5 Å². The first kappa shape index (κ1) is 17.0. The van der Waals surface area contributed by atoms with Crippen molar-refractivity contribution in [1.82, 2.24) is 14.9 Å². The number of rotatable bonds is 4. The number of anilines is 2. The zero-order chi connectivity index (χ0) is 18.8. The Labute approximate surface area is 164 Å². The maximum atomic E-state index is 5.64. The molecule has 1 N–H and O–H groups in total. The van der Waals surface area contributed by atoms with Gasteiger partial charge < -0.3 is 14.8 Å². The molecular weight excluding hydrogens is 352 g/mol. The van der Waals surface area contributed by atoms with Crippen molar-refractivity contribution in [2.45, 2.75) is 19.5 Å². The Balaban J connectivity index is 1.28. The average Bonchev–Trinajstić information content (AvgIpc) is 2.74. The number of hydrogen-bond donors (Lipinski definition) is 1. The van der Waals surface area contributed by atoms with Crippen molar-refractivity contribution in [3.63, 3.8) is 0 Å². The minimum Gasteiger partial charge on any atom is -0.486 e. The lowest BCUT2D eigenvalue weighted by Gasteiger charge is -2.28. The highest BCUT2D eigenvalue weighted by Gasteiger charge is 2.19. The first-order chi connectivity index (χ1) is 13.8. The van der Waals surface area contributed by atoms with Gasteiger partial charge in [0.25, 0.3) is 0 Å². The summed E-state index contributed by atoms with van der Waals surface area (Å²) in [7, 11) is 0. The van der Waals surface area contributed by atoms with E-state index in [-0.39, 0.29) is 0 Å². The van der Waals surface area contributed by atoms with Crippen LogP contribution in [0, 0.1) is 0 Å². The van der Waals surface area contributed by atoms with Crippen LogP contribution in [0.3, 0.4) is 0 Å². The average molecular weight is 374 g/mol. The number of benzene rings is 2. The Hall–Kier alpha value is -3.12. The Morgan fingerprint density at radius 3 is 2.75 bits per heavy atom. The maximum Gasteiger partial charge on any atom is 0.227 e. The summed E-state index contributed by atoms with van der Waals surface area (Å²) in [4.78, 5) is 11.7. The van der Waals surface area contributed by atoms with Crippen LogP contribution in [-0.4, -0.2) is 34.6 Å². The van der Waals surface area contributed by atoms with Gasteiger partial charge in [0.2, 0.25) is 5.95 Å². The fourth-order valence-corrected chi connectivity index (χ4v) is 3.66. The highest BCUT2D eigenvalue weighted by molar-refractivity contribution is 5.60. The molecule has 0 fully saturated rings. The minimum atomic E-state index is 0.575. The number of ether oxygens (including phenoxy) is 2. The molecule has 0 saturated heterocycles. The van der Waals surface area contributed by atoms with Crippen LogP contribution in [0.5, 0.6) is 11.5 Å². The van der Waals surface area contributed by atoms with Gasteiger partial charge in [0, 0.05) is 49.6 Å². The van der Waals surface area contributed by atoms with Crippen LogP contribution in [0.2, 0.25) is 0 Å². The van der Waals surface area contributed by atoms with Crippen molar-refractivity contribution in [2.24, 2.45) is 0 Å². The summed E-state index contributed by atoms with van der Waals surface area (Å²) in [6, 6.07) is 16.4. The van der Waals surface area contributed by atoms with E-state index < -0.39 is 0 Å². The van der Waals surface area contributed by atoms with Gasteiger partial charge in [0.05, 0.1) is 5.69 Å². The van der Waals surface area contributed by atoms with Gasteiger partial charge >= 0.3 is 0 Å². The molecule has 0 unspecified atom stereocenters. The summed E-state index contributed by atoms with van der Waals surface area (Å²) in [6.07, 6.45) is 2.88. The fraction of sp³-hybridized carbons (Fsp3) is 0.273. The first-order valence-corrected chi connectivity index (χ1v) is 9.61. The van der Waals surface area contributed by atoms with Gasteiger partial charge in [0.1, 0.15) is 13.2 Å². The van der Waals surface area contributed by atoms with Gasteiger partial charge in [0.15, 0.2) is 11.5 Å². The van der Waals surface area contributed by atoms with E-state index in [1.807, 2.05) is 24.4 Å². The van der Waals surface area contributed by atoms with Crippen molar-refractivity contribution in [2.75, 3.05) is 25.1 Å². The molecule has 3 aromatic rings. The smallest absolute Gasteiger partial charge is 0.227 e. The molecule has 6 heteroatoms. The molecule has 142 valence electrons. The van der Waals surface area contributed by atoms with E-state index >= 15 is 0 Å². The molecule has 2 aromatic carbocycles. The minimum absolute atomic E-state index is 0.575. The fourth-order valence-electron chi connectivity index (χ4n) is 3.66. The Bertz CT molecular complexity index is 978. The van der Waals surface area contributed by atoms with E-state index in [1.54, 1.807) is 0 Å². The molecule has 0 atom stereocenters. The highest BCUT2D eigenvalue weighted by atomic mass is 16.6. The first-order valence-electron chi connectivity index (χ1n) is 9.61. The van der Waals surface area contributed by atoms with Crippen LogP contribution in [0.1, 0.15) is 16.8 Å². The summed E-state index contributed by atoms with van der Waals surface area (Å²) in [5.41, 5.74) is 4.56. The van der Waals surface area contributed by atoms with E-state index in [4.69, 9.17) is 14.5 Å². The molecule has 5 rings (SSSR count). The summed E-state index contributed by atoms with van der Waals surface area (Å²) in [5, 5.41) is 3.28. The number of nitrogens with zero attached hydrogens (tertiary/aromatic N) is 3. The van der Waals surface area contributed by atoms with Crippen molar-refractivity contribution in [1.29, 1.82) is 0 Å². The maximum absolute atomic E-state index is 5.64. The molecule has 6 nitrogen and oxygen atoms in total. The third-order valence-corrected chi connectivity index (χ3v) is 5.06. The van der Waals surface area contributed by atoms with Crippen LogP contribution in [0.15, 0.2) is 54.7 Å². The third-order valence-electron chi connectivity index (χ3n) is 5.06. The predicted molar refractivity (Wildman–Crippen MR) is 107 cm³/mol. The van der Waals surface area contributed by atoms with Crippen molar-refractivity contribution < 1.29 is 9.47 Å². The summed E-state index contributed by atoms with van der Waals surface area (Å²) in [5.74, 6) is 2.15. The topological polar surface area (TPSA) is 59.5 Å². The lowest BCUT2D eigenvalue weighted by molar-refractivity contribution is 0.171. The summed E-state index contributed by atoms with van der Waals surface area (Å²) >= 11 is 0. The molecule has 0 spiro atoms. The molecule has 3 heterocycles. The standard InChI is InChI=1S/C22H22N4O2/c1-2-4-16(5-3-1)14-26-9-8-19-17(15-26)13-23-22(25-19)24-18-6-7-20-21(12-18)28-11-10-27-20/h1-7,12-13H,8-11,14-15H2,(H,23,24,25). The third kappa shape index (κ3) is 3.64. The normalized spacial score (nSPS) is 15.7. The zero-order valence-electron chi connectivity index (χ0n) is 15.6. The van der Waals surface area contributed by atoms with Crippen LogP contribution < -0.4 is 14.8 Å². The number of hydrogen-bond acceptors (Lipinski definition) is 6. The van der Waals surface area contributed by atoms with Crippen LogP contribution in [0.25, 0.3) is 0 Å². The molecule has 0 amide bonds. The van der Waals surface area contributed by atoms with Gasteiger partial charge in [-0.3, -0.25) is 4.90 Å². The largest absolute Gasteiger partial charge is 0.486 e. The van der Waals surface area contributed by atoms with E-state index in [9.17, 15) is 0 Å². The summed E-state index contributed by atoms with van der Waals surface area (Å²) < 4.78 is 11.2. The quantitative estimate of drug-likeness (QED) is 0.754. The van der Waals surface area contributed by atoms with E-state index in [1.165, 1.54) is 11.1 Å². The van der Waals surface area contributed by atoms with Gasteiger partial charge in [-0.05, 0) is 17.7 Å². The second kappa shape index (κ2) is 7.48. The molecule has 0 saturated carbocycles. The molecule has 28 heavy (non-hydrogen) atoms. The molecule has 1 aromatic heterocycles. The molecule has 0 bridgehead atoms. The van der Waals surface area contributed by atoms with Gasteiger partial charge in [-0.2, -0.15) is 0 Å². The Morgan fingerprint density at radius 2 is 1.86 bits per heavy atom. The van der Waals surface area contributed by atoms with Gasteiger partial charge in [-0.25, -0.2) is 9.97 Å². The van der Waals surface area contributed by atoms with E-state index in [0.717, 1.165) is 48.9 Å². The number of aromatic nitrogens is 2. The Morgan fingerprint density at radius 1 is 1.00 bits per heavy atom. The lowest BCUT2D eigenvalue weighted by atomic mass is 10.1. The van der Waals surface area contributed by atoms with Crippen molar-refractivity contribution in [3.8, 4) is 11.5 Å². The van der Waals surface area contributed by atoms with Gasteiger partial charge in [-0.1, -0.05) is 30.3 Å². The summed E-state index contributed by atoms with van der Waals surface area (Å²) in [6.45, 7) is 4.01. The van der Waals surface area contributed by atoms with Crippen LogP contribution in [0.4, 0.5) is 11.6 Å². The second-order valence-electron chi connectivity index (χ2n) is 7.10. The van der Waals surface area contributed by atoms with Gasteiger partial charge in [-0.15, -0.1) is 0 Å². The highest BCUT2D eigenvalue weighted by Crippen LogP contribution is 2.33. The lowest BCUT2D eigenvalue weighted by Crippen LogP contribution is -2.31.